The highest BCUT2D eigenvalue weighted by molar-refractivity contribution is 9.12. The standard InChI is InChI=1S/C11H12Br3N3OS/c1-18-3-2-17-10(7(12)5-16-17)9(15)6-4-8(13)19-11(6)14/h4-5,9H,2-3,15H2,1H3. The van der Waals surface area contributed by atoms with Gasteiger partial charge in [-0.2, -0.15) is 5.10 Å². The predicted octanol–water partition coefficient (Wildman–Crippen LogP) is 3.93. The van der Waals surface area contributed by atoms with Crippen molar-refractivity contribution in [3.8, 4) is 0 Å². The molecular weight excluding hydrogens is 462 g/mol. The highest BCUT2D eigenvalue weighted by Crippen LogP contribution is 2.38. The van der Waals surface area contributed by atoms with Crippen molar-refractivity contribution in [3.63, 3.8) is 0 Å². The number of methoxy groups -OCH3 is 1. The minimum atomic E-state index is -0.245. The van der Waals surface area contributed by atoms with Gasteiger partial charge in [0.05, 0.1) is 43.1 Å². The normalized spacial score (nSPS) is 12.9. The maximum absolute atomic E-state index is 6.37. The second kappa shape index (κ2) is 6.82. The van der Waals surface area contributed by atoms with Gasteiger partial charge in [-0.15, -0.1) is 11.3 Å². The molecule has 2 aromatic rings. The van der Waals surface area contributed by atoms with Crippen molar-refractivity contribution in [2.75, 3.05) is 13.7 Å². The van der Waals surface area contributed by atoms with Crippen molar-refractivity contribution in [1.29, 1.82) is 0 Å². The molecule has 0 spiro atoms. The van der Waals surface area contributed by atoms with Crippen LogP contribution in [0.4, 0.5) is 0 Å². The van der Waals surface area contributed by atoms with E-state index in [0.717, 1.165) is 23.3 Å². The zero-order valence-electron chi connectivity index (χ0n) is 10.1. The molecule has 0 amide bonds. The Morgan fingerprint density at radius 2 is 2.21 bits per heavy atom. The lowest BCUT2D eigenvalue weighted by molar-refractivity contribution is 0.182. The van der Waals surface area contributed by atoms with Gasteiger partial charge in [-0.25, -0.2) is 0 Å². The van der Waals surface area contributed by atoms with E-state index in [1.54, 1.807) is 24.6 Å². The third kappa shape index (κ3) is 3.48. The van der Waals surface area contributed by atoms with Crippen LogP contribution in [0.15, 0.2) is 24.3 Å². The first-order chi connectivity index (χ1) is 9.04. The van der Waals surface area contributed by atoms with Gasteiger partial charge in [-0.05, 0) is 53.9 Å². The lowest BCUT2D eigenvalue weighted by Gasteiger charge is -2.14. The number of halogens is 3. The largest absolute Gasteiger partial charge is 0.383 e. The van der Waals surface area contributed by atoms with Gasteiger partial charge in [-0.3, -0.25) is 4.68 Å². The minimum Gasteiger partial charge on any atom is -0.383 e. The molecule has 1 unspecified atom stereocenters. The third-order valence-electron chi connectivity index (χ3n) is 2.65. The highest BCUT2D eigenvalue weighted by atomic mass is 79.9. The predicted molar refractivity (Wildman–Crippen MR) is 87.6 cm³/mol. The molecule has 2 N–H and O–H groups in total. The number of nitrogens with zero attached hydrogens (tertiary/aromatic N) is 2. The summed E-state index contributed by atoms with van der Waals surface area (Å²) in [7, 11) is 1.67. The van der Waals surface area contributed by atoms with E-state index in [-0.39, 0.29) is 6.04 Å². The molecule has 2 heterocycles. The van der Waals surface area contributed by atoms with Gasteiger partial charge >= 0.3 is 0 Å². The molecule has 4 nitrogen and oxygen atoms in total. The summed E-state index contributed by atoms with van der Waals surface area (Å²) in [6.07, 6.45) is 1.76. The maximum atomic E-state index is 6.37. The van der Waals surface area contributed by atoms with E-state index in [4.69, 9.17) is 10.5 Å². The van der Waals surface area contributed by atoms with Crippen molar-refractivity contribution in [1.82, 2.24) is 9.78 Å². The van der Waals surface area contributed by atoms with Crippen LogP contribution in [0.3, 0.4) is 0 Å². The first kappa shape index (κ1) is 15.7. The molecule has 0 aliphatic rings. The molecule has 104 valence electrons. The van der Waals surface area contributed by atoms with Crippen LogP contribution in [0, 0.1) is 0 Å². The molecule has 0 bridgehead atoms. The summed E-state index contributed by atoms with van der Waals surface area (Å²) in [4.78, 5) is 0. The molecule has 8 heteroatoms. The number of rotatable bonds is 5. The van der Waals surface area contributed by atoms with Crippen molar-refractivity contribution in [2.24, 2.45) is 5.73 Å². The van der Waals surface area contributed by atoms with Crippen LogP contribution in [0.2, 0.25) is 0 Å². The van der Waals surface area contributed by atoms with E-state index in [0.29, 0.717) is 13.2 Å². The van der Waals surface area contributed by atoms with Crippen LogP contribution in [-0.2, 0) is 11.3 Å². The number of hydrogen-bond donors (Lipinski definition) is 1. The van der Waals surface area contributed by atoms with Gasteiger partial charge in [-0.1, -0.05) is 0 Å². The molecule has 0 aliphatic carbocycles. The van der Waals surface area contributed by atoms with E-state index in [2.05, 4.69) is 52.9 Å². The van der Waals surface area contributed by atoms with E-state index in [1.165, 1.54) is 0 Å². The van der Waals surface area contributed by atoms with Crippen LogP contribution in [0.1, 0.15) is 17.3 Å². The van der Waals surface area contributed by atoms with Crippen molar-refractivity contribution in [2.45, 2.75) is 12.6 Å². The van der Waals surface area contributed by atoms with Gasteiger partial charge in [0.15, 0.2) is 0 Å². The number of ether oxygens (including phenoxy) is 1. The molecule has 0 radical (unpaired) electrons. The second-order valence-corrected chi connectivity index (χ2v) is 8.45. The first-order valence-electron chi connectivity index (χ1n) is 5.45. The fraction of sp³-hybridized carbons (Fsp3) is 0.364. The molecule has 19 heavy (non-hydrogen) atoms. The third-order valence-corrected chi connectivity index (χ3v) is 5.65. The van der Waals surface area contributed by atoms with Crippen molar-refractivity contribution in [3.05, 3.63) is 35.6 Å². The Labute approximate surface area is 140 Å². The molecule has 0 saturated heterocycles. The lowest BCUT2D eigenvalue weighted by Crippen LogP contribution is -2.19. The van der Waals surface area contributed by atoms with Crippen molar-refractivity contribution < 1.29 is 4.74 Å². The Kier molecular flexibility index (Phi) is 5.62. The zero-order valence-corrected chi connectivity index (χ0v) is 15.6. The molecule has 0 saturated carbocycles. The number of hydrogen-bond acceptors (Lipinski definition) is 4. The molecular formula is C11H12Br3N3OS. The number of thiophene rings is 1. The lowest BCUT2D eigenvalue weighted by atomic mass is 10.1. The monoisotopic (exact) mass is 471 g/mol. The van der Waals surface area contributed by atoms with Gasteiger partial charge in [0.2, 0.25) is 0 Å². The Morgan fingerprint density at radius 3 is 2.79 bits per heavy atom. The Hall–Kier alpha value is 0.270. The van der Waals surface area contributed by atoms with E-state index in [9.17, 15) is 0 Å². The summed E-state index contributed by atoms with van der Waals surface area (Å²) in [5.74, 6) is 0. The Morgan fingerprint density at radius 1 is 1.47 bits per heavy atom. The molecule has 0 aromatic carbocycles. The Bertz CT molecular complexity index is 570. The Balaban J connectivity index is 2.35. The van der Waals surface area contributed by atoms with Crippen LogP contribution in [0.5, 0.6) is 0 Å². The highest BCUT2D eigenvalue weighted by Gasteiger charge is 2.21. The fourth-order valence-corrected chi connectivity index (χ4v) is 5.22. The molecule has 2 aromatic heterocycles. The first-order valence-corrected chi connectivity index (χ1v) is 8.64. The number of nitrogens with two attached hydrogens (primary N) is 1. The SMILES string of the molecule is COCCn1ncc(Br)c1C(N)c1cc(Br)sc1Br. The van der Waals surface area contributed by atoms with E-state index in [1.807, 2.05) is 10.7 Å². The second-order valence-electron chi connectivity index (χ2n) is 3.85. The van der Waals surface area contributed by atoms with Gasteiger partial charge in [0.1, 0.15) is 0 Å². The molecule has 2 rings (SSSR count). The van der Waals surface area contributed by atoms with Crippen LogP contribution >= 0.6 is 59.1 Å². The summed E-state index contributed by atoms with van der Waals surface area (Å²) in [5, 5.41) is 4.32. The van der Waals surface area contributed by atoms with Gasteiger partial charge < -0.3 is 10.5 Å². The average Bonchev–Trinajstić information content (AvgIpc) is 2.89. The quantitative estimate of drug-likeness (QED) is 0.716. The van der Waals surface area contributed by atoms with E-state index < -0.39 is 0 Å². The summed E-state index contributed by atoms with van der Waals surface area (Å²) in [5.41, 5.74) is 8.36. The summed E-state index contributed by atoms with van der Waals surface area (Å²) in [6.45, 7) is 1.27. The zero-order chi connectivity index (χ0) is 14.0. The van der Waals surface area contributed by atoms with Crippen LogP contribution in [0.25, 0.3) is 0 Å². The summed E-state index contributed by atoms with van der Waals surface area (Å²) >= 11 is 12.1. The van der Waals surface area contributed by atoms with Crippen LogP contribution in [-0.4, -0.2) is 23.5 Å². The van der Waals surface area contributed by atoms with E-state index >= 15 is 0 Å². The minimum absolute atomic E-state index is 0.245. The molecule has 0 aliphatic heterocycles. The van der Waals surface area contributed by atoms with Crippen LogP contribution < -0.4 is 5.73 Å². The smallest absolute Gasteiger partial charge is 0.0762 e. The summed E-state index contributed by atoms with van der Waals surface area (Å²) in [6, 6.07) is 1.78. The summed E-state index contributed by atoms with van der Waals surface area (Å²) < 4.78 is 9.94. The molecule has 0 fully saturated rings. The number of aromatic nitrogens is 2. The average molecular weight is 474 g/mol. The topological polar surface area (TPSA) is 53.1 Å². The fourth-order valence-electron chi connectivity index (χ4n) is 1.75. The maximum Gasteiger partial charge on any atom is 0.0762 e. The van der Waals surface area contributed by atoms with Gasteiger partial charge in [0, 0.05) is 12.7 Å². The van der Waals surface area contributed by atoms with Gasteiger partial charge in [0.25, 0.3) is 0 Å². The van der Waals surface area contributed by atoms with Crippen molar-refractivity contribution >= 4 is 59.1 Å². The molecule has 1 atom stereocenters.